The number of fused-ring (bicyclic) bond motifs is 3. The van der Waals surface area contributed by atoms with E-state index in [-0.39, 0.29) is 12.7 Å². The Labute approximate surface area is 98.4 Å². The first-order chi connectivity index (χ1) is 8.33. The number of hydrogen-bond acceptors (Lipinski definition) is 3. The number of para-hydroxylation sites is 1. The molecule has 0 fully saturated rings. The third kappa shape index (κ3) is 1.45. The number of nitrogens with zero attached hydrogens (tertiary/aromatic N) is 1. The summed E-state index contributed by atoms with van der Waals surface area (Å²) >= 11 is 0. The molecule has 88 valence electrons. The van der Waals surface area contributed by atoms with Gasteiger partial charge in [0.2, 0.25) is 0 Å². The minimum absolute atomic E-state index is 0.0933. The second kappa shape index (κ2) is 3.89. The number of carbonyl (C=O) groups is 1. The van der Waals surface area contributed by atoms with Gasteiger partial charge in [-0.3, -0.25) is 0 Å². The van der Waals surface area contributed by atoms with Gasteiger partial charge in [-0.2, -0.15) is 0 Å². The summed E-state index contributed by atoms with van der Waals surface area (Å²) in [6, 6.07) is 7.74. The molecule has 17 heavy (non-hydrogen) atoms. The van der Waals surface area contributed by atoms with Crippen molar-refractivity contribution < 1.29 is 14.6 Å². The smallest absolute Gasteiger partial charge is 0.418 e. The molecule has 1 aliphatic rings. The Hall–Kier alpha value is -1.81. The molecule has 0 amide bonds. The van der Waals surface area contributed by atoms with Crippen LogP contribution in [0.3, 0.4) is 0 Å². The summed E-state index contributed by atoms with van der Waals surface area (Å²) in [5.74, 6) is 0. The van der Waals surface area contributed by atoms with Crippen LogP contribution < -0.4 is 0 Å². The molecule has 1 aromatic carbocycles. The number of rotatable bonds is 2. The minimum atomic E-state index is -0.313. The normalized spacial score (nSPS) is 14.8. The Morgan fingerprint density at radius 1 is 1.35 bits per heavy atom. The highest BCUT2D eigenvalue weighted by Crippen LogP contribution is 2.29. The van der Waals surface area contributed by atoms with Crippen molar-refractivity contribution in [3.63, 3.8) is 0 Å². The fourth-order valence-electron chi connectivity index (χ4n) is 2.52. The Kier molecular flexibility index (Phi) is 2.37. The standard InChI is InChI=1S/C13H13NO3/c15-7-5-10-9-3-1-2-4-11(9)14-12(10)6-8-17-13(14)16/h1-4,15H,5-8H2. The van der Waals surface area contributed by atoms with Gasteiger partial charge in [-0.25, -0.2) is 9.36 Å². The van der Waals surface area contributed by atoms with Crippen molar-refractivity contribution in [2.75, 3.05) is 13.2 Å². The molecule has 0 aliphatic carbocycles. The molecule has 1 N–H and O–H groups in total. The van der Waals surface area contributed by atoms with Gasteiger partial charge in [0, 0.05) is 24.1 Å². The molecule has 1 aromatic heterocycles. The molecule has 0 spiro atoms. The van der Waals surface area contributed by atoms with Crippen molar-refractivity contribution >= 4 is 17.0 Å². The average Bonchev–Trinajstić information content (AvgIpc) is 2.66. The zero-order valence-corrected chi connectivity index (χ0v) is 9.35. The van der Waals surface area contributed by atoms with E-state index in [2.05, 4.69) is 0 Å². The van der Waals surface area contributed by atoms with Gasteiger partial charge in [-0.15, -0.1) is 0 Å². The monoisotopic (exact) mass is 231 g/mol. The molecule has 0 saturated heterocycles. The fraction of sp³-hybridized carbons (Fsp3) is 0.308. The molecule has 0 unspecified atom stereocenters. The van der Waals surface area contributed by atoms with Crippen molar-refractivity contribution in [2.45, 2.75) is 12.8 Å². The number of aliphatic hydroxyl groups is 1. The maximum Gasteiger partial charge on any atom is 0.418 e. The largest absolute Gasteiger partial charge is 0.448 e. The molecule has 2 aromatic rings. The van der Waals surface area contributed by atoms with Gasteiger partial charge in [-0.1, -0.05) is 18.2 Å². The van der Waals surface area contributed by atoms with E-state index in [9.17, 15) is 4.79 Å². The quantitative estimate of drug-likeness (QED) is 0.856. The number of hydrogen-bond donors (Lipinski definition) is 1. The van der Waals surface area contributed by atoms with Gasteiger partial charge in [0.25, 0.3) is 0 Å². The van der Waals surface area contributed by atoms with E-state index in [1.54, 1.807) is 4.57 Å². The molecule has 0 atom stereocenters. The van der Waals surface area contributed by atoms with Crippen molar-refractivity contribution in [3.8, 4) is 0 Å². The summed E-state index contributed by atoms with van der Waals surface area (Å²) < 4.78 is 6.69. The van der Waals surface area contributed by atoms with Crippen LogP contribution in [0.4, 0.5) is 4.79 Å². The van der Waals surface area contributed by atoms with Gasteiger partial charge < -0.3 is 9.84 Å². The summed E-state index contributed by atoms with van der Waals surface area (Å²) in [5.41, 5.74) is 2.92. The highest BCUT2D eigenvalue weighted by molar-refractivity contribution is 5.94. The maximum absolute atomic E-state index is 11.8. The summed E-state index contributed by atoms with van der Waals surface area (Å²) in [7, 11) is 0. The lowest BCUT2D eigenvalue weighted by Gasteiger charge is -2.16. The van der Waals surface area contributed by atoms with E-state index >= 15 is 0 Å². The van der Waals surface area contributed by atoms with Crippen LogP contribution in [0.2, 0.25) is 0 Å². The third-order valence-corrected chi connectivity index (χ3v) is 3.20. The molecule has 1 aliphatic heterocycles. The number of aromatic nitrogens is 1. The zero-order valence-electron chi connectivity index (χ0n) is 9.35. The van der Waals surface area contributed by atoms with Gasteiger partial charge >= 0.3 is 6.09 Å². The first kappa shape index (κ1) is 10.4. The van der Waals surface area contributed by atoms with E-state index in [1.807, 2.05) is 24.3 Å². The van der Waals surface area contributed by atoms with Crippen LogP contribution in [0, 0.1) is 0 Å². The van der Waals surface area contributed by atoms with Crippen molar-refractivity contribution in [1.29, 1.82) is 0 Å². The Morgan fingerprint density at radius 2 is 2.18 bits per heavy atom. The lowest BCUT2D eigenvalue weighted by atomic mass is 10.1. The topological polar surface area (TPSA) is 51.5 Å². The van der Waals surface area contributed by atoms with Gasteiger partial charge in [0.1, 0.15) is 0 Å². The van der Waals surface area contributed by atoms with Crippen LogP contribution in [-0.4, -0.2) is 29.0 Å². The number of ether oxygens (including phenoxy) is 1. The molecule has 4 nitrogen and oxygen atoms in total. The molecule has 3 rings (SSSR count). The SMILES string of the molecule is O=C1OCCc2c(CCO)c3ccccc3n21. The Morgan fingerprint density at radius 3 is 3.00 bits per heavy atom. The van der Waals surface area contributed by atoms with Crippen LogP contribution >= 0.6 is 0 Å². The van der Waals surface area contributed by atoms with Crippen LogP contribution in [0.25, 0.3) is 10.9 Å². The van der Waals surface area contributed by atoms with E-state index < -0.39 is 0 Å². The van der Waals surface area contributed by atoms with Crippen LogP contribution in [0.1, 0.15) is 11.3 Å². The molecule has 2 heterocycles. The first-order valence-corrected chi connectivity index (χ1v) is 5.72. The van der Waals surface area contributed by atoms with Gasteiger partial charge in [0.15, 0.2) is 0 Å². The van der Waals surface area contributed by atoms with Crippen LogP contribution in [0.15, 0.2) is 24.3 Å². The maximum atomic E-state index is 11.8. The van der Waals surface area contributed by atoms with E-state index in [0.717, 1.165) is 28.6 Å². The lowest BCUT2D eigenvalue weighted by Crippen LogP contribution is -2.24. The predicted molar refractivity (Wildman–Crippen MR) is 63.2 cm³/mol. The average molecular weight is 231 g/mol. The fourth-order valence-corrected chi connectivity index (χ4v) is 2.52. The minimum Gasteiger partial charge on any atom is -0.448 e. The third-order valence-electron chi connectivity index (χ3n) is 3.20. The summed E-state index contributed by atoms with van der Waals surface area (Å²) in [4.78, 5) is 11.8. The second-order valence-corrected chi connectivity index (χ2v) is 4.12. The zero-order chi connectivity index (χ0) is 11.8. The summed E-state index contributed by atoms with van der Waals surface area (Å²) in [6.45, 7) is 0.517. The molecular weight excluding hydrogens is 218 g/mol. The Bertz CT molecular complexity index is 586. The van der Waals surface area contributed by atoms with Crippen LogP contribution in [0.5, 0.6) is 0 Å². The number of cyclic esters (lactones) is 1. The molecule has 0 radical (unpaired) electrons. The van der Waals surface area contributed by atoms with E-state index in [0.29, 0.717) is 13.0 Å². The van der Waals surface area contributed by atoms with E-state index in [1.165, 1.54) is 0 Å². The molecular formula is C13H13NO3. The van der Waals surface area contributed by atoms with Gasteiger partial charge in [-0.05, 0) is 18.1 Å². The predicted octanol–water partition coefficient (Wildman–Crippen LogP) is 1.72. The van der Waals surface area contributed by atoms with Crippen molar-refractivity contribution in [3.05, 3.63) is 35.5 Å². The van der Waals surface area contributed by atoms with Crippen LogP contribution in [-0.2, 0) is 17.6 Å². The van der Waals surface area contributed by atoms with Crippen molar-refractivity contribution in [2.24, 2.45) is 0 Å². The molecule has 0 bridgehead atoms. The number of carbonyl (C=O) groups excluding carboxylic acids is 1. The molecule has 4 heteroatoms. The first-order valence-electron chi connectivity index (χ1n) is 5.72. The van der Waals surface area contributed by atoms with E-state index in [4.69, 9.17) is 9.84 Å². The summed E-state index contributed by atoms with van der Waals surface area (Å²) in [5, 5.41) is 10.2. The van der Waals surface area contributed by atoms with Crippen molar-refractivity contribution in [1.82, 2.24) is 4.57 Å². The Balaban J connectivity index is 2.34. The number of aliphatic hydroxyl groups excluding tert-OH is 1. The number of benzene rings is 1. The highest BCUT2D eigenvalue weighted by Gasteiger charge is 2.24. The molecule has 0 saturated carbocycles. The van der Waals surface area contributed by atoms with Gasteiger partial charge in [0.05, 0.1) is 12.1 Å². The highest BCUT2D eigenvalue weighted by atomic mass is 16.6. The lowest BCUT2D eigenvalue weighted by molar-refractivity contribution is 0.139. The summed E-state index contributed by atoms with van der Waals surface area (Å²) in [6.07, 6.45) is 0.984. The second-order valence-electron chi connectivity index (χ2n) is 4.12.